The van der Waals surface area contributed by atoms with Crippen LogP contribution in [0.15, 0.2) is 66.7 Å². The van der Waals surface area contributed by atoms with Gasteiger partial charge in [0, 0.05) is 0 Å². The van der Waals surface area contributed by atoms with Crippen LogP contribution in [0.1, 0.15) is 20.7 Å². The minimum absolute atomic E-state index is 0.144. The van der Waals surface area contributed by atoms with Gasteiger partial charge >= 0.3 is 11.9 Å². The molecule has 3 rings (SSSR count). The average molecular weight is 292 g/mol. The number of fused-ring (bicyclic) bond motifs is 1. The summed E-state index contributed by atoms with van der Waals surface area (Å²) >= 11 is 0. The van der Waals surface area contributed by atoms with Crippen molar-refractivity contribution in [1.29, 1.82) is 0 Å². The van der Waals surface area contributed by atoms with E-state index in [-0.39, 0.29) is 5.56 Å². The Morgan fingerprint density at radius 1 is 0.773 bits per heavy atom. The summed E-state index contributed by atoms with van der Waals surface area (Å²) in [5, 5.41) is 10.8. The fourth-order valence-corrected chi connectivity index (χ4v) is 2.15. The molecule has 0 fully saturated rings. The molecule has 0 saturated heterocycles. The number of rotatable bonds is 3. The van der Waals surface area contributed by atoms with E-state index < -0.39 is 11.9 Å². The lowest BCUT2D eigenvalue weighted by Gasteiger charge is -2.06. The maximum Gasteiger partial charge on any atom is 0.343 e. The largest absolute Gasteiger partial charge is 0.478 e. The maximum atomic E-state index is 12.1. The van der Waals surface area contributed by atoms with Crippen LogP contribution in [0, 0.1) is 0 Å². The maximum absolute atomic E-state index is 12.1. The Morgan fingerprint density at radius 2 is 1.41 bits per heavy atom. The van der Waals surface area contributed by atoms with Crippen LogP contribution < -0.4 is 4.74 Å². The van der Waals surface area contributed by atoms with E-state index in [1.807, 2.05) is 30.3 Å². The highest BCUT2D eigenvalue weighted by Crippen LogP contribution is 2.18. The molecule has 22 heavy (non-hydrogen) atoms. The number of benzene rings is 3. The van der Waals surface area contributed by atoms with Crippen LogP contribution in [0.3, 0.4) is 0 Å². The number of aromatic carboxylic acids is 1. The predicted molar refractivity (Wildman–Crippen MR) is 82.3 cm³/mol. The SMILES string of the molecule is O=C(O)c1ccc(OC(=O)c2ccc3ccccc3c2)cc1. The highest BCUT2D eigenvalue weighted by atomic mass is 16.5. The van der Waals surface area contributed by atoms with E-state index >= 15 is 0 Å². The number of carboxylic acids is 1. The van der Waals surface area contributed by atoms with E-state index in [0.717, 1.165) is 10.8 Å². The van der Waals surface area contributed by atoms with Gasteiger partial charge in [-0.3, -0.25) is 0 Å². The predicted octanol–water partition coefficient (Wildman–Crippen LogP) is 3.76. The van der Waals surface area contributed by atoms with E-state index in [1.54, 1.807) is 12.1 Å². The molecule has 0 aliphatic carbocycles. The Morgan fingerprint density at radius 3 is 2.09 bits per heavy atom. The molecule has 3 aromatic rings. The van der Waals surface area contributed by atoms with Crippen molar-refractivity contribution in [2.45, 2.75) is 0 Å². The number of carbonyl (C=O) groups excluding carboxylic acids is 1. The average Bonchev–Trinajstić information content (AvgIpc) is 2.55. The number of carbonyl (C=O) groups is 2. The minimum atomic E-state index is -1.02. The Bertz CT molecular complexity index is 850. The van der Waals surface area contributed by atoms with Gasteiger partial charge in [-0.2, -0.15) is 0 Å². The van der Waals surface area contributed by atoms with Gasteiger partial charge < -0.3 is 9.84 Å². The topological polar surface area (TPSA) is 63.6 Å². The summed E-state index contributed by atoms with van der Waals surface area (Å²) in [6.45, 7) is 0. The van der Waals surface area contributed by atoms with Crippen molar-refractivity contribution in [3.63, 3.8) is 0 Å². The standard InChI is InChI=1S/C18H12O4/c19-17(20)13-7-9-16(10-8-13)22-18(21)15-6-5-12-3-1-2-4-14(12)11-15/h1-11H,(H,19,20). The highest BCUT2D eigenvalue weighted by Gasteiger charge is 2.10. The second-order valence-electron chi connectivity index (χ2n) is 4.78. The van der Waals surface area contributed by atoms with Gasteiger partial charge in [-0.05, 0) is 47.2 Å². The molecule has 0 spiro atoms. The summed E-state index contributed by atoms with van der Waals surface area (Å²) in [4.78, 5) is 22.9. The van der Waals surface area contributed by atoms with Gasteiger partial charge in [0.1, 0.15) is 5.75 Å². The molecule has 0 saturated carbocycles. The number of esters is 1. The van der Waals surface area contributed by atoms with Crippen molar-refractivity contribution in [3.05, 3.63) is 77.9 Å². The first kappa shape index (κ1) is 13.8. The summed E-state index contributed by atoms with van der Waals surface area (Å²) < 4.78 is 5.25. The lowest BCUT2D eigenvalue weighted by molar-refractivity contribution is 0.0696. The number of hydrogen-bond acceptors (Lipinski definition) is 3. The van der Waals surface area contributed by atoms with E-state index in [9.17, 15) is 9.59 Å². The minimum Gasteiger partial charge on any atom is -0.478 e. The van der Waals surface area contributed by atoms with Gasteiger partial charge in [0.05, 0.1) is 11.1 Å². The Hall–Kier alpha value is -3.14. The molecule has 0 aliphatic rings. The quantitative estimate of drug-likeness (QED) is 0.589. The molecule has 108 valence electrons. The molecule has 3 aromatic carbocycles. The Labute approximate surface area is 126 Å². The molecule has 0 amide bonds. The van der Waals surface area contributed by atoms with Crippen LogP contribution in [0.25, 0.3) is 10.8 Å². The molecule has 0 unspecified atom stereocenters. The monoisotopic (exact) mass is 292 g/mol. The molecule has 0 heterocycles. The summed E-state index contributed by atoms with van der Waals surface area (Å²) in [7, 11) is 0. The van der Waals surface area contributed by atoms with Gasteiger partial charge in [-0.25, -0.2) is 9.59 Å². The number of carboxylic acid groups (broad SMARTS) is 1. The summed E-state index contributed by atoms with van der Waals surface area (Å²) in [6.07, 6.45) is 0. The summed E-state index contributed by atoms with van der Waals surface area (Å²) in [6, 6.07) is 18.8. The smallest absolute Gasteiger partial charge is 0.343 e. The third kappa shape index (κ3) is 2.81. The molecule has 0 bridgehead atoms. The van der Waals surface area contributed by atoms with Crippen molar-refractivity contribution in [2.75, 3.05) is 0 Å². The van der Waals surface area contributed by atoms with Crippen molar-refractivity contribution >= 4 is 22.7 Å². The van der Waals surface area contributed by atoms with Crippen LogP contribution in [-0.4, -0.2) is 17.0 Å². The number of ether oxygens (including phenoxy) is 1. The molecule has 4 heteroatoms. The second-order valence-corrected chi connectivity index (χ2v) is 4.78. The van der Waals surface area contributed by atoms with Crippen molar-refractivity contribution in [1.82, 2.24) is 0 Å². The molecule has 0 aliphatic heterocycles. The zero-order valence-electron chi connectivity index (χ0n) is 11.5. The van der Waals surface area contributed by atoms with Gasteiger partial charge in [-0.1, -0.05) is 30.3 Å². The normalized spacial score (nSPS) is 10.4. The van der Waals surface area contributed by atoms with E-state index in [2.05, 4.69) is 0 Å². The fraction of sp³-hybridized carbons (Fsp3) is 0. The van der Waals surface area contributed by atoms with Crippen molar-refractivity contribution in [2.24, 2.45) is 0 Å². The first-order chi connectivity index (χ1) is 10.6. The third-order valence-corrected chi connectivity index (χ3v) is 3.30. The zero-order valence-corrected chi connectivity index (χ0v) is 11.5. The Kier molecular flexibility index (Phi) is 3.58. The zero-order chi connectivity index (χ0) is 15.5. The summed E-state index contributed by atoms with van der Waals surface area (Å²) in [5.74, 6) is -1.19. The molecule has 0 aromatic heterocycles. The first-order valence-electron chi connectivity index (χ1n) is 6.68. The molecular formula is C18H12O4. The van der Waals surface area contributed by atoms with Gasteiger partial charge in [-0.15, -0.1) is 0 Å². The van der Waals surface area contributed by atoms with E-state index in [1.165, 1.54) is 24.3 Å². The lowest BCUT2D eigenvalue weighted by Crippen LogP contribution is -2.08. The highest BCUT2D eigenvalue weighted by molar-refractivity contribution is 5.96. The second kappa shape index (κ2) is 5.69. The molecule has 1 N–H and O–H groups in total. The van der Waals surface area contributed by atoms with Crippen LogP contribution in [-0.2, 0) is 0 Å². The molecule has 4 nitrogen and oxygen atoms in total. The van der Waals surface area contributed by atoms with Crippen LogP contribution >= 0.6 is 0 Å². The Balaban J connectivity index is 1.81. The molecule has 0 radical (unpaired) electrons. The third-order valence-electron chi connectivity index (χ3n) is 3.30. The van der Waals surface area contributed by atoms with Crippen LogP contribution in [0.4, 0.5) is 0 Å². The fourth-order valence-electron chi connectivity index (χ4n) is 2.15. The summed E-state index contributed by atoms with van der Waals surface area (Å²) in [5.41, 5.74) is 0.589. The number of hydrogen-bond donors (Lipinski definition) is 1. The van der Waals surface area contributed by atoms with E-state index in [0.29, 0.717) is 11.3 Å². The van der Waals surface area contributed by atoms with Crippen molar-refractivity contribution in [3.8, 4) is 5.75 Å². The first-order valence-corrected chi connectivity index (χ1v) is 6.68. The van der Waals surface area contributed by atoms with Crippen molar-refractivity contribution < 1.29 is 19.4 Å². The van der Waals surface area contributed by atoms with Crippen LogP contribution in [0.5, 0.6) is 5.75 Å². The van der Waals surface area contributed by atoms with Gasteiger partial charge in [0.15, 0.2) is 0 Å². The van der Waals surface area contributed by atoms with Gasteiger partial charge in [0.25, 0.3) is 0 Å². The van der Waals surface area contributed by atoms with Crippen LogP contribution in [0.2, 0.25) is 0 Å². The molecular weight excluding hydrogens is 280 g/mol. The van der Waals surface area contributed by atoms with Gasteiger partial charge in [0.2, 0.25) is 0 Å². The lowest BCUT2D eigenvalue weighted by atomic mass is 10.1. The molecule has 0 atom stereocenters. The van der Waals surface area contributed by atoms with E-state index in [4.69, 9.17) is 9.84 Å².